The van der Waals surface area contributed by atoms with Crippen LogP contribution < -0.4 is 5.32 Å². The molecule has 1 N–H and O–H groups in total. The van der Waals surface area contributed by atoms with Crippen LogP contribution in [0.2, 0.25) is 0 Å². The minimum absolute atomic E-state index is 0.0619. The number of alkyl halides is 3. The fourth-order valence-electron chi connectivity index (χ4n) is 3.77. The maximum Gasteiger partial charge on any atom is 0.416 e. The van der Waals surface area contributed by atoms with Crippen molar-refractivity contribution in [3.8, 4) is 0 Å². The Hall–Kier alpha value is -2.84. The van der Waals surface area contributed by atoms with Gasteiger partial charge in [0.15, 0.2) is 0 Å². The van der Waals surface area contributed by atoms with Gasteiger partial charge in [-0.1, -0.05) is 25.5 Å². The molecule has 6 nitrogen and oxygen atoms in total. The quantitative estimate of drug-likeness (QED) is 0.725. The van der Waals surface area contributed by atoms with E-state index in [0.29, 0.717) is 30.9 Å². The van der Waals surface area contributed by atoms with Crippen LogP contribution in [0.3, 0.4) is 0 Å². The topological polar surface area (TPSA) is 67.2 Å². The molecule has 1 aromatic carbocycles. The van der Waals surface area contributed by atoms with Gasteiger partial charge in [0.05, 0.1) is 17.7 Å². The largest absolute Gasteiger partial charge is 0.416 e. The van der Waals surface area contributed by atoms with Crippen molar-refractivity contribution in [2.24, 2.45) is 13.0 Å². The van der Waals surface area contributed by atoms with Crippen molar-refractivity contribution in [1.29, 1.82) is 0 Å². The Labute approximate surface area is 179 Å². The molecule has 1 aromatic heterocycles. The molecule has 168 valence electrons. The van der Waals surface area contributed by atoms with Crippen molar-refractivity contribution < 1.29 is 22.8 Å². The molecule has 31 heavy (non-hydrogen) atoms. The summed E-state index contributed by atoms with van der Waals surface area (Å²) in [6.45, 7) is 3.61. The second kappa shape index (κ2) is 9.53. The summed E-state index contributed by atoms with van der Waals surface area (Å²) in [6, 6.07) is 6.47. The van der Waals surface area contributed by atoms with Gasteiger partial charge in [0.25, 0.3) is 5.91 Å². The van der Waals surface area contributed by atoms with Gasteiger partial charge in [-0.05, 0) is 42.5 Å². The van der Waals surface area contributed by atoms with Crippen LogP contribution in [0.15, 0.2) is 30.3 Å². The Morgan fingerprint density at radius 3 is 2.58 bits per heavy atom. The lowest BCUT2D eigenvalue weighted by Gasteiger charge is -2.17. The number of halogens is 3. The molecule has 1 atom stereocenters. The lowest BCUT2D eigenvalue weighted by molar-refractivity contribution is -0.137. The second-order valence-electron chi connectivity index (χ2n) is 7.97. The Kier molecular flexibility index (Phi) is 7.02. The van der Waals surface area contributed by atoms with Crippen LogP contribution in [0.5, 0.6) is 0 Å². The Bertz CT molecular complexity index is 922. The standard InChI is InChI=1S/C22H27F3N4O2/c1-3-4-18-12-19(28(2)27-18)21(31)26-13-16-9-10-29(14-16)20(30)11-15-5-7-17(8-6-15)22(23,24)25/h5-8,12,16H,3-4,9-11,13-14H2,1-2H3,(H,26,31)/t16-/m1/s1. The minimum atomic E-state index is -4.39. The summed E-state index contributed by atoms with van der Waals surface area (Å²) >= 11 is 0. The lowest BCUT2D eigenvalue weighted by Crippen LogP contribution is -2.34. The van der Waals surface area contributed by atoms with Crippen molar-refractivity contribution in [1.82, 2.24) is 20.0 Å². The van der Waals surface area contributed by atoms with Crippen molar-refractivity contribution in [3.63, 3.8) is 0 Å². The molecule has 2 amide bonds. The van der Waals surface area contributed by atoms with Crippen molar-refractivity contribution in [2.75, 3.05) is 19.6 Å². The molecule has 1 saturated heterocycles. The highest BCUT2D eigenvalue weighted by atomic mass is 19.4. The van der Waals surface area contributed by atoms with Crippen molar-refractivity contribution in [2.45, 2.75) is 38.8 Å². The summed E-state index contributed by atoms with van der Waals surface area (Å²) in [5.41, 5.74) is 1.22. The van der Waals surface area contributed by atoms with Gasteiger partial charge in [-0.2, -0.15) is 18.3 Å². The van der Waals surface area contributed by atoms with Crippen LogP contribution in [0, 0.1) is 5.92 Å². The molecular formula is C22H27F3N4O2. The number of likely N-dealkylation sites (tertiary alicyclic amines) is 1. The maximum atomic E-state index is 12.7. The molecule has 3 rings (SSSR count). The molecule has 1 fully saturated rings. The number of nitrogens with zero attached hydrogens (tertiary/aromatic N) is 3. The fourth-order valence-corrected chi connectivity index (χ4v) is 3.77. The summed E-state index contributed by atoms with van der Waals surface area (Å²) in [5, 5.41) is 7.26. The number of hydrogen-bond acceptors (Lipinski definition) is 3. The number of amides is 2. The fraction of sp³-hybridized carbons (Fsp3) is 0.500. The first-order valence-corrected chi connectivity index (χ1v) is 10.4. The summed E-state index contributed by atoms with van der Waals surface area (Å²) in [5.74, 6) is -0.167. The van der Waals surface area contributed by atoms with E-state index in [0.717, 1.165) is 37.1 Å². The van der Waals surface area contributed by atoms with E-state index in [9.17, 15) is 22.8 Å². The SMILES string of the molecule is CCCc1cc(C(=O)NC[C@H]2CCN(C(=O)Cc3ccc(C(F)(F)F)cc3)C2)n(C)n1. The highest BCUT2D eigenvalue weighted by Gasteiger charge is 2.30. The number of carbonyl (C=O) groups excluding carboxylic acids is 2. The number of benzene rings is 1. The molecule has 0 spiro atoms. The Balaban J connectivity index is 1.47. The van der Waals surface area contributed by atoms with Gasteiger partial charge >= 0.3 is 6.18 Å². The summed E-state index contributed by atoms with van der Waals surface area (Å²) < 4.78 is 39.5. The molecule has 0 bridgehead atoms. The molecule has 1 aliphatic rings. The van der Waals surface area contributed by atoms with Crippen LogP contribution in [-0.4, -0.2) is 46.1 Å². The van der Waals surface area contributed by atoms with Crippen LogP contribution in [0.4, 0.5) is 13.2 Å². The average molecular weight is 436 g/mol. The number of rotatable bonds is 7. The van der Waals surface area contributed by atoms with Crippen LogP contribution >= 0.6 is 0 Å². The number of aryl methyl sites for hydroxylation is 2. The van der Waals surface area contributed by atoms with E-state index < -0.39 is 11.7 Å². The van der Waals surface area contributed by atoms with E-state index >= 15 is 0 Å². The monoisotopic (exact) mass is 436 g/mol. The third-order valence-corrected chi connectivity index (χ3v) is 5.50. The van der Waals surface area contributed by atoms with Crippen LogP contribution in [-0.2, 0) is 30.9 Å². The van der Waals surface area contributed by atoms with Crippen molar-refractivity contribution >= 4 is 11.8 Å². The van der Waals surface area contributed by atoms with Gasteiger partial charge in [-0.15, -0.1) is 0 Å². The normalized spacial score (nSPS) is 16.5. The summed E-state index contributed by atoms with van der Waals surface area (Å²) in [4.78, 5) is 26.7. The Morgan fingerprint density at radius 1 is 1.23 bits per heavy atom. The predicted molar refractivity (Wildman–Crippen MR) is 109 cm³/mol. The van der Waals surface area contributed by atoms with E-state index in [2.05, 4.69) is 17.3 Å². The molecule has 2 heterocycles. The van der Waals surface area contributed by atoms with Gasteiger partial charge in [-0.25, -0.2) is 0 Å². The molecule has 9 heteroatoms. The van der Waals surface area contributed by atoms with E-state index in [1.54, 1.807) is 22.7 Å². The number of nitrogens with one attached hydrogen (secondary N) is 1. The van der Waals surface area contributed by atoms with Crippen molar-refractivity contribution in [3.05, 3.63) is 52.8 Å². The van der Waals surface area contributed by atoms with Gasteiger partial charge in [-0.3, -0.25) is 14.3 Å². The zero-order valence-electron chi connectivity index (χ0n) is 17.7. The first kappa shape index (κ1) is 22.8. The molecule has 0 unspecified atom stereocenters. The first-order valence-electron chi connectivity index (χ1n) is 10.4. The average Bonchev–Trinajstić information content (AvgIpc) is 3.33. The minimum Gasteiger partial charge on any atom is -0.350 e. The van der Waals surface area contributed by atoms with Crippen LogP contribution in [0.25, 0.3) is 0 Å². The third-order valence-electron chi connectivity index (χ3n) is 5.50. The number of aromatic nitrogens is 2. The van der Waals surface area contributed by atoms with Gasteiger partial charge < -0.3 is 10.2 Å². The molecule has 2 aromatic rings. The third kappa shape index (κ3) is 5.86. The molecule has 0 radical (unpaired) electrons. The number of carbonyl (C=O) groups is 2. The van der Waals surface area contributed by atoms with E-state index in [1.807, 2.05) is 0 Å². The first-order chi connectivity index (χ1) is 14.7. The maximum absolute atomic E-state index is 12.7. The lowest BCUT2D eigenvalue weighted by atomic mass is 10.1. The second-order valence-corrected chi connectivity index (χ2v) is 7.97. The Morgan fingerprint density at radius 2 is 1.94 bits per heavy atom. The van der Waals surface area contributed by atoms with E-state index in [4.69, 9.17) is 0 Å². The molecule has 0 aliphatic carbocycles. The molecule has 0 saturated carbocycles. The highest BCUT2D eigenvalue weighted by molar-refractivity contribution is 5.92. The molecule has 1 aliphatic heterocycles. The predicted octanol–water partition coefficient (Wildman–Crippen LogP) is 3.21. The van der Waals surface area contributed by atoms with E-state index in [1.165, 1.54) is 12.1 Å². The van der Waals surface area contributed by atoms with Gasteiger partial charge in [0.1, 0.15) is 5.69 Å². The zero-order chi connectivity index (χ0) is 22.6. The van der Waals surface area contributed by atoms with E-state index in [-0.39, 0.29) is 24.2 Å². The molecular weight excluding hydrogens is 409 g/mol. The summed E-state index contributed by atoms with van der Waals surface area (Å²) in [6.07, 6.45) is -1.78. The van der Waals surface area contributed by atoms with Crippen LogP contribution in [0.1, 0.15) is 47.1 Å². The smallest absolute Gasteiger partial charge is 0.350 e. The number of hydrogen-bond donors (Lipinski definition) is 1. The van der Waals surface area contributed by atoms with Gasteiger partial charge in [0, 0.05) is 26.7 Å². The highest BCUT2D eigenvalue weighted by Crippen LogP contribution is 2.29. The zero-order valence-corrected chi connectivity index (χ0v) is 17.7. The van der Waals surface area contributed by atoms with Gasteiger partial charge in [0.2, 0.25) is 5.91 Å². The summed E-state index contributed by atoms with van der Waals surface area (Å²) in [7, 11) is 1.74.